The summed E-state index contributed by atoms with van der Waals surface area (Å²) in [5.74, 6) is -0.932. The molecule has 96 valence electrons. The van der Waals surface area contributed by atoms with Crippen LogP contribution in [0.15, 0.2) is 24.3 Å². The number of benzene rings is 1. The molecular weight excluding hydrogens is 234 g/mol. The van der Waals surface area contributed by atoms with Crippen LogP contribution >= 0.6 is 0 Å². The molecular formula is C13H15NO4. The van der Waals surface area contributed by atoms with Gasteiger partial charge in [0.05, 0.1) is 19.1 Å². The summed E-state index contributed by atoms with van der Waals surface area (Å²) >= 11 is 0. The molecule has 1 unspecified atom stereocenters. The molecule has 0 aromatic heterocycles. The summed E-state index contributed by atoms with van der Waals surface area (Å²) in [4.78, 5) is 23.9. The lowest BCUT2D eigenvalue weighted by molar-refractivity contribution is -0.136. The van der Waals surface area contributed by atoms with Crippen LogP contribution in [-0.4, -0.2) is 36.2 Å². The topological polar surface area (TPSA) is 66.8 Å². The highest BCUT2D eigenvalue weighted by Crippen LogP contribution is 2.19. The zero-order valence-corrected chi connectivity index (χ0v) is 10.1. The van der Waals surface area contributed by atoms with Crippen molar-refractivity contribution in [3.05, 3.63) is 29.8 Å². The van der Waals surface area contributed by atoms with Crippen molar-refractivity contribution >= 4 is 17.6 Å². The lowest BCUT2D eigenvalue weighted by atomic mass is 10.1. The van der Waals surface area contributed by atoms with Gasteiger partial charge in [0.1, 0.15) is 6.61 Å². The van der Waals surface area contributed by atoms with Crippen molar-refractivity contribution in [2.24, 2.45) is 0 Å². The molecule has 1 fully saturated rings. The van der Waals surface area contributed by atoms with Crippen molar-refractivity contribution in [3.63, 3.8) is 0 Å². The third kappa shape index (κ3) is 2.87. The van der Waals surface area contributed by atoms with E-state index in [1.54, 1.807) is 29.2 Å². The number of carboxylic acids is 1. The molecule has 1 heterocycles. The molecule has 1 N–H and O–H groups in total. The fraction of sp³-hybridized carbons (Fsp3) is 0.385. The second kappa shape index (κ2) is 5.18. The van der Waals surface area contributed by atoms with Gasteiger partial charge in [0, 0.05) is 5.69 Å². The van der Waals surface area contributed by atoms with Crippen molar-refractivity contribution < 1.29 is 19.4 Å². The van der Waals surface area contributed by atoms with Gasteiger partial charge in [0.15, 0.2) is 0 Å². The zero-order valence-electron chi connectivity index (χ0n) is 10.1. The fourth-order valence-electron chi connectivity index (χ4n) is 1.92. The van der Waals surface area contributed by atoms with Gasteiger partial charge in [-0.2, -0.15) is 0 Å². The number of carbonyl (C=O) groups is 2. The molecule has 0 bridgehead atoms. The maximum absolute atomic E-state index is 11.7. The highest BCUT2D eigenvalue weighted by molar-refractivity contribution is 5.95. The van der Waals surface area contributed by atoms with E-state index in [4.69, 9.17) is 9.84 Å². The third-order valence-electron chi connectivity index (χ3n) is 2.84. The average Bonchev–Trinajstić information content (AvgIpc) is 2.33. The van der Waals surface area contributed by atoms with E-state index in [1.807, 2.05) is 6.92 Å². The van der Waals surface area contributed by atoms with E-state index in [-0.39, 0.29) is 25.0 Å². The molecule has 1 aliphatic rings. The number of anilines is 1. The third-order valence-corrected chi connectivity index (χ3v) is 2.84. The van der Waals surface area contributed by atoms with Gasteiger partial charge in [-0.15, -0.1) is 0 Å². The second-order valence-electron chi connectivity index (χ2n) is 4.36. The maximum atomic E-state index is 11.7. The summed E-state index contributed by atoms with van der Waals surface area (Å²) in [5, 5.41) is 8.68. The van der Waals surface area contributed by atoms with Gasteiger partial charge < -0.3 is 14.7 Å². The quantitative estimate of drug-likeness (QED) is 0.870. The number of hydrogen-bond acceptors (Lipinski definition) is 3. The van der Waals surface area contributed by atoms with Crippen LogP contribution in [0.1, 0.15) is 12.5 Å². The van der Waals surface area contributed by atoms with Crippen LogP contribution in [-0.2, 0) is 20.7 Å². The highest BCUT2D eigenvalue weighted by Gasteiger charge is 2.24. The van der Waals surface area contributed by atoms with Crippen LogP contribution in [0.25, 0.3) is 0 Å². The largest absolute Gasteiger partial charge is 0.481 e. The van der Waals surface area contributed by atoms with Crippen molar-refractivity contribution in [1.29, 1.82) is 0 Å². The number of morpholine rings is 1. The first-order chi connectivity index (χ1) is 8.56. The Morgan fingerprint density at radius 2 is 2.11 bits per heavy atom. The van der Waals surface area contributed by atoms with Crippen LogP contribution in [0.5, 0.6) is 0 Å². The minimum atomic E-state index is -0.862. The monoisotopic (exact) mass is 249 g/mol. The molecule has 0 spiro atoms. The summed E-state index contributed by atoms with van der Waals surface area (Å²) < 4.78 is 5.25. The van der Waals surface area contributed by atoms with E-state index >= 15 is 0 Å². The Morgan fingerprint density at radius 3 is 2.72 bits per heavy atom. The number of ether oxygens (including phenoxy) is 1. The minimum Gasteiger partial charge on any atom is -0.481 e. The Labute approximate surface area is 105 Å². The van der Waals surface area contributed by atoms with E-state index in [0.29, 0.717) is 6.54 Å². The van der Waals surface area contributed by atoms with E-state index < -0.39 is 5.97 Å². The van der Waals surface area contributed by atoms with Gasteiger partial charge in [0.25, 0.3) is 5.91 Å². The van der Waals surface area contributed by atoms with Crippen LogP contribution in [0.2, 0.25) is 0 Å². The molecule has 1 saturated heterocycles. The first-order valence-electron chi connectivity index (χ1n) is 5.79. The average molecular weight is 249 g/mol. The summed E-state index contributed by atoms with van der Waals surface area (Å²) in [6.07, 6.45) is 0.00897. The predicted octanol–water partition coefficient (Wildman–Crippen LogP) is 1.07. The highest BCUT2D eigenvalue weighted by atomic mass is 16.5. The molecule has 1 amide bonds. The van der Waals surface area contributed by atoms with Gasteiger partial charge in [0.2, 0.25) is 0 Å². The molecule has 0 saturated carbocycles. The van der Waals surface area contributed by atoms with Crippen molar-refractivity contribution in [2.45, 2.75) is 19.4 Å². The van der Waals surface area contributed by atoms with Gasteiger partial charge in [-0.25, -0.2) is 0 Å². The van der Waals surface area contributed by atoms with Crippen molar-refractivity contribution in [1.82, 2.24) is 0 Å². The lowest BCUT2D eigenvalue weighted by Gasteiger charge is -2.31. The first kappa shape index (κ1) is 12.6. The molecule has 18 heavy (non-hydrogen) atoms. The Bertz CT molecular complexity index is 455. The smallest absolute Gasteiger partial charge is 0.307 e. The molecule has 1 atom stereocenters. The van der Waals surface area contributed by atoms with Crippen LogP contribution < -0.4 is 4.90 Å². The Hall–Kier alpha value is -1.88. The van der Waals surface area contributed by atoms with Crippen LogP contribution in [0, 0.1) is 0 Å². The number of carboxylic acid groups (broad SMARTS) is 1. The number of amides is 1. The standard InChI is InChI=1S/C13H15NO4/c1-9-7-14(12(15)8-18-9)11-4-2-10(3-5-11)6-13(16)17/h2-5,9H,6-8H2,1H3,(H,16,17). The molecule has 0 radical (unpaired) electrons. The van der Waals surface area contributed by atoms with Gasteiger partial charge >= 0.3 is 5.97 Å². The molecule has 5 heteroatoms. The number of aliphatic carboxylic acids is 1. The normalized spacial score (nSPS) is 19.9. The summed E-state index contributed by atoms with van der Waals surface area (Å²) in [7, 11) is 0. The molecule has 1 aromatic rings. The zero-order chi connectivity index (χ0) is 13.1. The summed E-state index contributed by atoms with van der Waals surface area (Å²) in [6.45, 7) is 2.54. The first-order valence-corrected chi connectivity index (χ1v) is 5.79. The lowest BCUT2D eigenvalue weighted by Crippen LogP contribution is -2.45. The van der Waals surface area contributed by atoms with Gasteiger partial charge in [-0.05, 0) is 24.6 Å². The maximum Gasteiger partial charge on any atom is 0.307 e. The van der Waals surface area contributed by atoms with Crippen LogP contribution in [0.3, 0.4) is 0 Å². The molecule has 1 aliphatic heterocycles. The van der Waals surface area contributed by atoms with Crippen molar-refractivity contribution in [3.8, 4) is 0 Å². The Balaban J connectivity index is 2.13. The summed E-state index contributed by atoms with van der Waals surface area (Å²) in [6, 6.07) is 7.01. The van der Waals surface area contributed by atoms with Gasteiger partial charge in [-0.3, -0.25) is 9.59 Å². The number of rotatable bonds is 3. The molecule has 1 aromatic carbocycles. The predicted molar refractivity (Wildman–Crippen MR) is 65.5 cm³/mol. The van der Waals surface area contributed by atoms with E-state index in [9.17, 15) is 9.59 Å². The molecule has 0 aliphatic carbocycles. The number of hydrogen-bond donors (Lipinski definition) is 1. The van der Waals surface area contributed by atoms with Crippen LogP contribution in [0.4, 0.5) is 5.69 Å². The Morgan fingerprint density at radius 1 is 1.44 bits per heavy atom. The van der Waals surface area contributed by atoms with E-state index in [1.165, 1.54) is 0 Å². The number of carbonyl (C=O) groups excluding carboxylic acids is 1. The second-order valence-corrected chi connectivity index (χ2v) is 4.36. The fourth-order valence-corrected chi connectivity index (χ4v) is 1.92. The minimum absolute atomic E-state index is 0.00621. The molecule has 2 rings (SSSR count). The van der Waals surface area contributed by atoms with Gasteiger partial charge in [-0.1, -0.05) is 12.1 Å². The van der Waals surface area contributed by atoms with Crippen molar-refractivity contribution in [2.75, 3.05) is 18.1 Å². The molecule has 5 nitrogen and oxygen atoms in total. The Kier molecular flexibility index (Phi) is 3.62. The van der Waals surface area contributed by atoms with E-state index in [2.05, 4.69) is 0 Å². The van der Waals surface area contributed by atoms with E-state index in [0.717, 1.165) is 11.3 Å². The SMILES string of the molecule is CC1CN(c2ccc(CC(=O)O)cc2)C(=O)CO1. The number of nitrogens with zero attached hydrogens (tertiary/aromatic N) is 1. The summed E-state index contributed by atoms with van der Waals surface area (Å²) in [5.41, 5.74) is 1.50.